The van der Waals surface area contributed by atoms with E-state index < -0.39 is 4.92 Å². The molecule has 1 aromatic rings. The molecular formula is C9H10N2O3. The lowest BCUT2D eigenvalue weighted by Gasteiger charge is -2.05. The van der Waals surface area contributed by atoms with Gasteiger partial charge in [0.25, 0.3) is 5.69 Å². The maximum absolute atomic E-state index is 10.4. The van der Waals surface area contributed by atoms with E-state index in [2.05, 4.69) is 16.9 Å². The van der Waals surface area contributed by atoms with Gasteiger partial charge in [0.05, 0.1) is 17.7 Å². The van der Waals surface area contributed by atoms with Crippen molar-refractivity contribution >= 4 is 11.4 Å². The van der Waals surface area contributed by atoms with Gasteiger partial charge in [-0.15, -0.1) is 0 Å². The summed E-state index contributed by atoms with van der Waals surface area (Å²) in [4.78, 5) is 14.6. The van der Waals surface area contributed by atoms with Crippen LogP contribution in [0.25, 0.3) is 5.70 Å². The highest BCUT2D eigenvalue weighted by Crippen LogP contribution is 2.15. The molecule has 5 nitrogen and oxygen atoms in total. The third-order valence-corrected chi connectivity index (χ3v) is 1.65. The molecule has 0 saturated carbocycles. The van der Waals surface area contributed by atoms with Crippen LogP contribution in [0.15, 0.2) is 30.8 Å². The molecule has 0 amide bonds. The van der Waals surface area contributed by atoms with Crippen molar-refractivity contribution in [3.05, 3.63) is 46.5 Å². The molecule has 0 aromatic heterocycles. The number of benzene rings is 1. The monoisotopic (exact) mass is 194 g/mol. The van der Waals surface area contributed by atoms with Crippen LogP contribution in [0.2, 0.25) is 0 Å². The molecule has 0 atom stereocenters. The lowest BCUT2D eigenvalue weighted by Crippen LogP contribution is -2.08. The average molecular weight is 194 g/mol. The molecule has 0 heterocycles. The fourth-order valence-corrected chi connectivity index (χ4v) is 0.966. The van der Waals surface area contributed by atoms with E-state index in [9.17, 15) is 10.1 Å². The maximum atomic E-state index is 10.4. The minimum atomic E-state index is -0.448. The Morgan fingerprint density at radius 3 is 2.50 bits per heavy atom. The molecule has 0 unspecified atom stereocenters. The number of nitro groups is 1. The standard InChI is InChI=1S/C9H10N2O3/c1-7(10-14-2)8-3-5-9(6-4-8)11(12)13/h3-6,10H,1H2,2H3. The van der Waals surface area contributed by atoms with Crippen LogP contribution >= 0.6 is 0 Å². The first-order valence-electron chi connectivity index (χ1n) is 3.88. The smallest absolute Gasteiger partial charge is 0.269 e. The third kappa shape index (κ3) is 2.30. The normalized spacial score (nSPS) is 9.50. The first kappa shape index (κ1) is 10.2. The molecule has 0 fully saturated rings. The number of nitrogens with one attached hydrogen (secondary N) is 1. The van der Waals surface area contributed by atoms with Crippen LogP contribution < -0.4 is 5.48 Å². The summed E-state index contributed by atoms with van der Waals surface area (Å²) in [6, 6.07) is 6.04. The lowest BCUT2D eigenvalue weighted by atomic mass is 10.2. The van der Waals surface area contributed by atoms with Gasteiger partial charge in [0.1, 0.15) is 0 Å². The summed E-state index contributed by atoms with van der Waals surface area (Å²) in [5.74, 6) is 0. The fraction of sp³-hybridized carbons (Fsp3) is 0.111. The van der Waals surface area contributed by atoms with Crippen LogP contribution in [0.4, 0.5) is 5.69 Å². The lowest BCUT2D eigenvalue weighted by molar-refractivity contribution is -0.384. The summed E-state index contributed by atoms with van der Waals surface area (Å²) in [5, 5.41) is 10.4. The number of hydrogen-bond acceptors (Lipinski definition) is 4. The van der Waals surface area contributed by atoms with Crippen molar-refractivity contribution < 1.29 is 9.76 Å². The van der Waals surface area contributed by atoms with Crippen molar-refractivity contribution in [3.63, 3.8) is 0 Å². The fourth-order valence-electron chi connectivity index (χ4n) is 0.966. The zero-order valence-electron chi connectivity index (χ0n) is 7.69. The van der Waals surface area contributed by atoms with Crippen molar-refractivity contribution in [2.75, 3.05) is 7.11 Å². The van der Waals surface area contributed by atoms with Crippen molar-refractivity contribution in [1.29, 1.82) is 0 Å². The number of hydroxylamine groups is 1. The van der Waals surface area contributed by atoms with E-state index in [4.69, 9.17) is 0 Å². The summed E-state index contributed by atoms with van der Waals surface area (Å²) in [5.41, 5.74) is 3.91. The van der Waals surface area contributed by atoms with Crippen LogP contribution in [0, 0.1) is 10.1 Å². The zero-order chi connectivity index (χ0) is 10.6. The van der Waals surface area contributed by atoms with Crippen LogP contribution in [-0.2, 0) is 4.84 Å². The first-order chi connectivity index (χ1) is 6.65. The molecule has 0 aliphatic carbocycles. The molecule has 1 rings (SSSR count). The molecule has 0 bridgehead atoms. The Balaban J connectivity index is 2.83. The molecule has 0 spiro atoms. The van der Waals surface area contributed by atoms with Crippen LogP contribution in [-0.4, -0.2) is 12.0 Å². The van der Waals surface area contributed by atoms with Crippen molar-refractivity contribution in [3.8, 4) is 0 Å². The van der Waals surface area contributed by atoms with E-state index in [1.807, 2.05) is 0 Å². The van der Waals surface area contributed by atoms with Crippen LogP contribution in [0.1, 0.15) is 5.56 Å². The van der Waals surface area contributed by atoms with Gasteiger partial charge in [0, 0.05) is 12.1 Å². The second-order valence-electron chi connectivity index (χ2n) is 2.59. The Morgan fingerprint density at radius 2 is 2.07 bits per heavy atom. The molecular weight excluding hydrogens is 184 g/mol. The Labute approximate surface area is 81.1 Å². The Morgan fingerprint density at radius 1 is 1.50 bits per heavy atom. The van der Waals surface area contributed by atoms with E-state index in [1.54, 1.807) is 12.1 Å². The number of nitro benzene ring substituents is 1. The molecule has 1 aromatic carbocycles. The van der Waals surface area contributed by atoms with Crippen LogP contribution in [0.5, 0.6) is 0 Å². The molecule has 0 aliphatic rings. The van der Waals surface area contributed by atoms with Gasteiger partial charge in [0.2, 0.25) is 0 Å². The van der Waals surface area contributed by atoms with Gasteiger partial charge in [-0.05, 0) is 17.7 Å². The summed E-state index contributed by atoms with van der Waals surface area (Å²) in [6.45, 7) is 3.68. The van der Waals surface area contributed by atoms with E-state index in [-0.39, 0.29) is 5.69 Å². The third-order valence-electron chi connectivity index (χ3n) is 1.65. The maximum Gasteiger partial charge on any atom is 0.269 e. The second kappa shape index (κ2) is 4.38. The largest absolute Gasteiger partial charge is 0.279 e. The molecule has 0 radical (unpaired) electrons. The molecule has 0 aliphatic heterocycles. The number of rotatable bonds is 4. The number of hydrogen-bond donors (Lipinski definition) is 1. The molecule has 14 heavy (non-hydrogen) atoms. The highest BCUT2D eigenvalue weighted by molar-refractivity contribution is 5.61. The minimum Gasteiger partial charge on any atom is -0.279 e. The van der Waals surface area contributed by atoms with E-state index in [0.29, 0.717) is 5.70 Å². The van der Waals surface area contributed by atoms with Gasteiger partial charge in [0.15, 0.2) is 0 Å². The van der Waals surface area contributed by atoms with E-state index >= 15 is 0 Å². The Kier molecular flexibility index (Phi) is 3.19. The molecule has 1 N–H and O–H groups in total. The predicted molar refractivity (Wildman–Crippen MR) is 52.3 cm³/mol. The minimum absolute atomic E-state index is 0.0546. The highest BCUT2D eigenvalue weighted by atomic mass is 16.6. The summed E-state index contributed by atoms with van der Waals surface area (Å²) >= 11 is 0. The van der Waals surface area contributed by atoms with Gasteiger partial charge in [-0.3, -0.25) is 20.4 Å². The summed E-state index contributed by atoms with van der Waals surface area (Å²) in [6.07, 6.45) is 0. The quantitative estimate of drug-likeness (QED) is 0.585. The van der Waals surface area contributed by atoms with Gasteiger partial charge in [-0.2, -0.15) is 0 Å². The van der Waals surface area contributed by atoms with Gasteiger partial charge < -0.3 is 0 Å². The van der Waals surface area contributed by atoms with Crippen molar-refractivity contribution in [1.82, 2.24) is 5.48 Å². The summed E-state index contributed by atoms with van der Waals surface area (Å²) in [7, 11) is 1.47. The SMILES string of the molecule is C=C(NOC)c1ccc([N+](=O)[O-])cc1. The predicted octanol–water partition coefficient (Wildman–Crippen LogP) is 1.72. The first-order valence-corrected chi connectivity index (χ1v) is 3.88. The Bertz CT molecular complexity index is 346. The molecule has 0 saturated heterocycles. The van der Waals surface area contributed by atoms with Gasteiger partial charge in [-0.25, -0.2) is 0 Å². The zero-order valence-corrected chi connectivity index (χ0v) is 7.69. The van der Waals surface area contributed by atoms with Gasteiger partial charge in [-0.1, -0.05) is 6.58 Å². The number of nitrogens with zero attached hydrogens (tertiary/aromatic N) is 1. The molecule has 74 valence electrons. The summed E-state index contributed by atoms with van der Waals surface area (Å²) < 4.78 is 0. The topological polar surface area (TPSA) is 64.4 Å². The van der Waals surface area contributed by atoms with Crippen molar-refractivity contribution in [2.45, 2.75) is 0 Å². The van der Waals surface area contributed by atoms with Crippen LogP contribution in [0.3, 0.4) is 0 Å². The number of non-ortho nitro benzene ring substituents is 1. The average Bonchev–Trinajstić information content (AvgIpc) is 2.18. The molecule has 5 heteroatoms. The second-order valence-corrected chi connectivity index (χ2v) is 2.59. The highest BCUT2D eigenvalue weighted by Gasteiger charge is 2.04. The van der Waals surface area contributed by atoms with Crippen molar-refractivity contribution in [2.24, 2.45) is 0 Å². The van der Waals surface area contributed by atoms with E-state index in [1.165, 1.54) is 19.2 Å². The Hall–Kier alpha value is -1.88. The van der Waals surface area contributed by atoms with E-state index in [0.717, 1.165) is 5.56 Å². The van der Waals surface area contributed by atoms with Gasteiger partial charge >= 0.3 is 0 Å².